The summed E-state index contributed by atoms with van der Waals surface area (Å²) < 4.78 is 10.4. The summed E-state index contributed by atoms with van der Waals surface area (Å²) in [5, 5.41) is 15.7. The number of carbonyl (C=O) groups excluding carboxylic acids is 6. The molecule has 0 aliphatic carbocycles. The fraction of sp³-hybridized carbons (Fsp3) is 0.333. The second-order valence-corrected chi connectivity index (χ2v) is 8.72. The second kappa shape index (κ2) is 10.2. The normalized spacial score (nSPS) is 22.5. The molecule has 4 amide bonds. The summed E-state index contributed by atoms with van der Waals surface area (Å²) in [5.41, 5.74) is 6.49. The zero-order chi connectivity index (χ0) is 26.9. The number of hydrogen-bond acceptors (Lipinski definition) is 10. The van der Waals surface area contributed by atoms with Crippen LogP contribution in [0.5, 0.6) is 5.75 Å². The lowest BCUT2D eigenvalue weighted by Gasteiger charge is -2.25. The van der Waals surface area contributed by atoms with Crippen molar-refractivity contribution in [1.82, 2.24) is 10.2 Å². The first kappa shape index (κ1) is 25.6. The van der Waals surface area contributed by atoms with Crippen LogP contribution in [0.1, 0.15) is 41.6 Å². The van der Waals surface area contributed by atoms with Gasteiger partial charge in [-0.1, -0.05) is 12.1 Å². The van der Waals surface area contributed by atoms with Crippen molar-refractivity contribution in [3.8, 4) is 5.75 Å². The second-order valence-electron chi connectivity index (χ2n) is 8.72. The molecular weight excluding hydrogens is 488 g/mol. The van der Waals surface area contributed by atoms with Gasteiger partial charge in [0, 0.05) is 12.3 Å². The molecule has 1 aromatic carbocycles. The average molecular weight is 512 g/mol. The third-order valence-corrected chi connectivity index (χ3v) is 5.99. The molecule has 0 radical (unpaired) electrons. The number of ether oxygens (including phenoxy) is 2. The van der Waals surface area contributed by atoms with Crippen molar-refractivity contribution in [1.29, 1.82) is 0 Å². The largest absolute Gasteiger partial charge is 0.452 e. The first-order valence-electron chi connectivity index (χ1n) is 11.4. The Hall–Kier alpha value is -4.52. The van der Waals surface area contributed by atoms with Gasteiger partial charge >= 0.3 is 11.9 Å². The highest BCUT2D eigenvalue weighted by molar-refractivity contribution is 6.06. The van der Waals surface area contributed by atoms with Gasteiger partial charge in [0.2, 0.25) is 11.8 Å². The summed E-state index contributed by atoms with van der Waals surface area (Å²) in [6.07, 6.45) is 0.862. The van der Waals surface area contributed by atoms with Crippen molar-refractivity contribution >= 4 is 41.3 Å². The summed E-state index contributed by atoms with van der Waals surface area (Å²) in [7, 11) is 0. The number of fused-ring (bicyclic) bond motifs is 2. The molecule has 4 rings (SSSR count). The van der Waals surface area contributed by atoms with Crippen molar-refractivity contribution in [2.24, 2.45) is 5.73 Å². The molecule has 37 heavy (non-hydrogen) atoms. The molecule has 0 bridgehead atoms. The Morgan fingerprint density at radius 2 is 1.89 bits per heavy atom. The lowest BCUT2D eigenvalue weighted by atomic mass is 10.1. The molecule has 3 aliphatic rings. The van der Waals surface area contributed by atoms with Crippen LogP contribution in [0.2, 0.25) is 0 Å². The van der Waals surface area contributed by atoms with E-state index < -0.39 is 66.8 Å². The van der Waals surface area contributed by atoms with E-state index in [9.17, 15) is 33.9 Å². The van der Waals surface area contributed by atoms with Gasteiger partial charge in [0.1, 0.15) is 6.23 Å². The number of carbonyl (C=O) groups is 6. The molecular formula is C24H24N4O9. The van der Waals surface area contributed by atoms with Crippen LogP contribution in [-0.2, 0) is 28.7 Å². The number of anilines is 1. The van der Waals surface area contributed by atoms with Gasteiger partial charge in [0.25, 0.3) is 11.8 Å². The first-order valence-corrected chi connectivity index (χ1v) is 11.4. The number of imide groups is 1. The zero-order valence-electron chi connectivity index (χ0n) is 19.7. The van der Waals surface area contributed by atoms with E-state index in [-0.39, 0.29) is 29.8 Å². The van der Waals surface area contributed by atoms with Gasteiger partial charge in [-0.15, -0.1) is 0 Å². The van der Waals surface area contributed by atoms with Crippen LogP contribution in [0.3, 0.4) is 0 Å². The smallest absolute Gasteiger partial charge is 0.311 e. The fourth-order valence-corrected chi connectivity index (χ4v) is 4.17. The number of nitrogens with one attached hydrogen (secondary N) is 2. The van der Waals surface area contributed by atoms with E-state index in [1.807, 2.05) is 5.32 Å². The summed E-state index contributed by atoms with van der Waals surface area (Å²) in [6, 6.07) is 2.42. The number of amides is 4. The molecule has 1 fully saturated rings. The van der Waals surface area contributed by atoms with E-state index in [2.05, 4.69) is 5.32 Å². The number of primary amides is 1. The summed E-state index contributed by atoms with van der Waals surface area (Å²) >= 11 is 0. The predicted molar refractivity (Wildman–Crippen MR) is 124 cm³/mol. The van der Waals surface area contributed by atoms with Crippen molar-refractivity contribution in [3.05, 3.63) is 47.2 Å². The van der Waals surface area contributed by atoms with Crippen molar-refractivity contribution in [2.75, 3.05) is 5.32 Å². The highest BCUT2D eigenvalue weighted by Crippen LogP contribution is 2.39. The van der Waals surface area contributed by atoms with Gasteiger partial charge < -0.3 is 30.5 Å². The molecule has 0 spiro atoms. The van der Waals surface area contributed by atoms with E-state index in [1.165, 1.54) is 23.2 Å². The van der Waals surface area contributed by atoms with Crippen LogP contribution in [0.25, 0.3) is 0 Å². The number of nitrogens with two attached hydrogens (primary N) is 1. The van der Waals surface area contributed by atoms with Crippen LogP contribution in [0.4, 0.5) is 5.69 Å². The standard InChI is InChI=1S/C24H24N4O9/c1-11-2-4-13-20(27-22(33)14-8-12(3-5-16(25)29)10-28(14)24(13)35)21(11)37-19(32)7-6-18(31)36-15-9-17(30)26-23(15)34/h2-5,10,14-15,22,27,33H,6-9H2,1H3,(H2,25,29)(H,26,30,34). The minimum absolute atomic E-state index is 0.0167. The van der Waals surface area contributed by atoms with Gasteiger partial charge in [-0.2, -0.15) is 0 Å². The third-order valence-electron chi connectivity index (χ3n) is 5.99. The van der Waals surface area contributed by atoms with E-state index in [4.69, 9.17) is 15.2 Å². The molecule has 1 aromatic rings. The summed E-state index contributed by atoms with van der Waals surface area (Å²) in [5.74, 6) is -4.03. The lowest BCUT2D eigenvalue weighted by molar-refractivity contribution is -0.155. The van der Waals surface area contributed by atoms with Gasteiger partial charge in [-0.05, 0) is 30.5 Å². The Bertz CT molecular complexity index is 1270. The van der Waals surface area contributed by atoms with E-state index >= 15 is 0 Å². The molecule has 3 heterocycles. The Labute approximate surface area is 210 Å². The molecule has 13 nitrogen and oxygen atoms in total. The van der Waals surface area contributed by atoms with Crippen molar-refractivity contribution in [3.63, 3.8) is 0 Å². The number of allylic oxidation sites excluding steroid dienone is 1. The maximum absolute atomic E-state index is 13.3. The van der Waals surface area contributed by atoms with Crippen LogP contribution < -0.4 is 21.1 Å². The minimum Gasteiger partial charge on any atom is -0.452 e. The zero-order valence-corrected chi connectivity index (χ0v) is 19.7. The molecule has 0 saturated carbocycles. The van der Waals surface area contributed by atoms with Crippen LogP contribution >= 0.6 is 0 Å². The topological polar surface area (TPSA) is 194 Å². The van der Waals surface area contributed by atoms with Gasteiger partial charge in [-0.3, -0.25) is 34.1 Å². The van der Waals surface area contributed by atoms with Crippen molar-refractivity contribution < 1.29 is 43.3 Å². The Balaban J connectivity index is 1.47. The molecule has 0 aromatic heterocycles. The minimum atomic E-state index is -1.24. The highest BCUT2D eigenvalue weighted by atomic mass is 16.6. The van der Waals surface area contributed by atoms with E-state index in [0.717, 1.165) is 6.08 Å². The number of esters is 2. The summed E-state index contributed by atoms with van der Waals surface area (Å²) in [6.45, 7) is 1.64. The number of nitrogens with zero attached hydrogens (tertiary/aromatic N) is 1. The number of rotatable bonds is 7. The first-order chi connectivity index (χ1) is 17.5. The number of benzene rings is 1. The Kier molecular flexibility index (Phi) is 7.07. The molecule has 3 atom stereocenters. The van der Waals surface area contributed by atoms with Gasteiger partial charge in [0.15, 0.2) is 11.9 Å². The van der Waals surface area contributed by atoms with Crippen LogP contribution in [0.15, 0.2) is 36.1 Å². The lowest BCUT2D eigenvalue weighted by Crippen LogP contribution is -2.42. The third kappa shape index (κ3) is 5.51. The summed E-state index contributed by atoms with van der Waals surface area (Å²) in [4.78, 5) is 72.9. The highest BCUT2D eigenvalue weighted by Gasteiger charge is 2.40. The number of aliphatic hydroxyl groups is 1. The molecule has 194 valence electrons. The Morgan fingerprint density at radius 1 is 1.16 bits per heavy atom. The number of aryl methyl sites for hydroxylation is 1. The number of aliphatic hydroxyl groups excluding tert-OH is 1. The van der Waals surface area contributed by atoms with Gasteiger partial charge in [0.05, 0.1) is 36.6 Å². The molecule has 3 aliphatic heterocycles. The average Bonchev–Trinajstić information content (AvgIpc) is 3.38. The molecule has 1 saturated heterocycles. The fourth-order valence-electron chi connectivity index (χ4n) is 4.17. The maximum Gasteiger partial charge on any atom is 0.311 e. The SMILES string of the molecule is Cc1ccc2c(c1OC(=O)CCC(=O)OC1CC(=O)NC1=O)NC(O)C1CC(C=CC(N)=O)=CN1C2=O. The molecule has 5 N–H and O–H groups in total. The Morgan fingerprint density at radius 3 is 2.57 bits per heavy atom. The van der Waals surface area contributed by atoms with Gasteiger partial charge in [-0.25, -0.2) is 0 Å². The van der Waals surface area contributed by atoms with Crippen LogP contribution in [0, 0.1) is 6.92 Å². The molecule has 3 unspecified atom stereocenters. The van der Waals surface area contributed by atoms with E-state index in [0.29, 0.717) is 11.1 Å². The quantitative estimate of drug-likeness (QED) is 0.160. The maximum atomic E-state index is 13.3. The molecule has 13 heteroatoms. The monoisotopic (exact) mass is 512 g/mol. The predicted octanol–water partition coefficient (Wildman–Crippen LogP) is -0.477. The number of hydrogen-bond donors (Lipinski definition) is 4. The van der Waals surface area contributed by atoms with E-state index in [1.54, 1.807) is 13.0 Å². The van der Waals surface area contributed by atoms with Crippen molar-refractivity contribution in [2.45, 2.75) is 51.0 Å². The van der Waals surface area contributed by atoms with Crippen LogP contribution in [-0.4, -0.2) is 63.9 Å².